The van der Waals surface area contributed by atoms with Gasteiger partial charge in [-0.1, -0.05) is 77.4 Å². The highest BCUT2D eigenvalue weighted by Gasteiger charge is 2.34. The molecule has 2 aromatic carbocycles. The molecule has 0 aliphatic heterocycles. The SMILES string of the molecule is CCCCc1ccc(-c2ccc(C(=O)N[C@@H](COCC(C)C)C(=O)N[C@H](C(=O)N[C@@H](N)C(=O)N[C@@H](CCCCNC(=O)OC(C)(C)C)C(=O)O)[C@@H](C)OCC(C)C)cc2)cc1. The molecule has 0 saturated heterocycles. The number of carboxylic acid groups (broad SMARTS) is 1. The first kappa shape index (κ1) is 52.1. The van der Waals surface area contributed by atoms with Crippen LogP contribution in [0, 0.1) is 11.8 Å². The molecular weight excluding hydrogens is 785 g/mol. The van der Waals surface area contributed by atoms with E-state index in [1.54, 1.807) is 39.8 Å². The Morgan fingerprint density at radius 1 is 0.705 bits per heavy atom. The fourth-order valence-electron chi connectivity index (χ4n) is 5.80. The highest BCUT2D eigenvalue weighted by Crippen LogP contribution is 2.21. The third-order valence-electron chi connectivity index (χ3n) is 9.14. The first-order valence-corrected chi connectivity index (χ1v) is 21.3. The van der Waals surface area contributed by atoms with Gasteiger partial charge in [-0.15, -0.1) is 0 Å². The highest BCUT2D eigenvalue weighted by molar-refractivity contribution is 5.99. The average molecular weight is 855 g/mol. The first-order valence-electron chi connectivity index (χ1n) is 21.3. The molecule has 0 fully saturated rings. The molecule has 0 aliphatic rings. The van der Waals surface area contributed by atoms with E-state index < -0.39 is 71.7 Å². The van der Waals surface area contributed by atoms with Gasteiger partial charge in [-0.3, -0.25) is 19.2 Å². The van der Waals surface area contributed by atoms with Crippen LogP contribution in [0.15, 0.2) is 48.5 Å². The summed E-state index contributed by atoms with van der Waals surface area (Å²) in [7, 11) is 0. The Morgan fingerprint density at radius 3 is 1.87 bits per heavy atom. The molecule has 0 spiro atoms. The highest BCUT2D eigenvalue weighted by atomic mass is 16.6. The summed E-state index contributed by atoms with van der Waals surface area (Å²) in [5.74, 6) is -4.25. The van der Waals surface area contributed by atoms with Gasteiger partial charge < -0.3 is 51.6 Å². The van der Waals surface area contributed by atoms with Crippen molar-refractivity contribution in [1.82, 2.24) is 26.6 Å². The van der Waals surface area contributed by atoms with E-state index in [2.05, 4.69) is 57.8 Å². The average Bonchev–Trinajstić information content (AvgIpc) is 3.19. The number of aliphatic carboxylic acids is 1. The topological polar surface area (TPSA) is 237 Å². The van der Waals surface area contributed by atoms with Gasteiger partial charge in [0, 0.05) is 25.3 Å². The quantitative estimate of drug-likeness (QED) is 0.0507. The number of carbonyl (C=O) groups excluding carboxylic acids is 5. The number of nitrogens with one attached hydrogen (secondary N) is 5. The molecule has 340 valence electrons. The van der Waals surface area contributed by atoms with Crippen LogP contribution in [0.1, 0.15) is 110 Å². The van der Waals surface area contributed by atoms with Crippen LogP contribution >= 0.6 is 0 Å². The maximum Gasteiger partial charge on any atom is 0.407 e. The van der Waals surface area contributed by atoms with E-state index in [1.807, 2.05) is 39.8 Å². The Morgan fingerprint density at radius 2 is 1.31 bits per heavy atom. The number of hydrogen-bond donors (Lipinski definition) is 7. The predicted molar refractivity (Wildman–Crippen MR) is 233 cm³/mol. The zero-order valence-corrected chi connectivity index (χ0v) is 37.4. The Kier molecular flexibility index (Phi) is 22.5. The van der Waals surface area contributed by atoms with Gasteiger partial charge in [0.25, 0.3) is 11.8 Å². The number of rotatable bonds is 26. The van der Waals surface area contributed by atoms with Gasteiger partial charge >= 0.3 is 12.1 Å². The van der Waals surface area contributed by atoms with E-state index in [0.717, 1.165) is 30.4 Å². The maximum atomic E-state index is 13.9. The third-order valence-corrected chi connectivity index (χ3v) is 9.14. The zero-order chi connectivity index (χ0) is 45.7. The van der Waals surface area contributed by atoms with Gasteiger partial charge in [0.05, 0.1) is 12.7 Å². The van der Waals surface area contributed by atoms with Gasteiger partial charge in [-0.05, 0) is 100 Å². The molecule has 2 aromatic rings. The van der Waals surface area contributed by atoms with Gasteiger partial charge in [-0.2, -0.15) is 0 Å². The Balaban J connectivity index is 2.16. The van der Waals surface area contributed by atoms with Crippen molar-refractivity contribution < 1.29 is 48.1 Å². The minimum Gasteiger partial charge on any atom is -0.480 e. The summed E-state index contributed by atoms with van der Waals surface area (Å²) < 4.78 is 16.9. The molecule has 0 aromatic heterocycles. The van der Waals surface area contributed by atoms with E-state index in [1.165, 1.54) is 5.56 Å². The fraction of sp³-hybridized carbons (Fsp3) is 0.600. The minimum absolute atomic E-state index is 0.0135. The number of carbonyl (C=O) groups is 6. The van der Waals surface area contributed by atoms with Crippen molar-refractivity contribution in [2.24, 2.45) is 17.6 Å². The summed E-state index contributed by atoms with van der Waals surface area (Å²) in [6.07, 6.45) is 0.768. The molecule has 0 radical (unpaired) electrons. The lowest BCUT2D eigenvalue weighted by Crippen LogP contribution is -2.63. The van der Waals surface area contributed by atoms with Gasteiger partial charge in [0.1, 0.15) is 23.7 Å². The van der Waals surface area contributed by atoms with Crippen LogP contribution < -0.4 is 32.3 Å². The minimum atomic E-state index is -1.70. The second-order valence-corrected chi connectivity index (χ2v) is 17.1. The summed E-state index contributed by atoms with van der Waals surface area (Å²) in [5.41, 5.74) is 8.88. The molecule has 0 heterocycles. The van der Waals surface area contributed by atoms with E-state index in [4.69, 9.17) is 19.9 Å². The number of alkyl carbamates (subject to hydrolysis) is 1. The monoisotopic (exact) mass is 855 g/mol. The number of ether oxygens (including phenoxy) is 3. The molecule has 0 aliphatic carbocycles. The maximum absolute atomic E-state index is 13.9. The summed E-state index contributed by atoms with van der Waals surface area (Å²) in [4.78, 5) is 78.1. The number of carboxylic acids is 1. The molecule has 16 heteroatoms. The van der Waals surface area contributed by atoms with E-state index in [0.29, 0.717) is 25.0 Å². The van der Waals surface area contributed by atoms with E-state index in [-0.39, 0.29) is 38.0 Å². The lowest BCUT2D eigenvalue weighted by atomic mass is 10.0. The van der Waals surface area contributed by atoms with Crippen LogP contribution in [0.3, 0.4) is 0 Å². The largest absolute Gasteiger partial charge is 0.480 e. The van der Waals surface area contributed by atoms with Crippen molar-refractivity contribution in [1.29, 1.82) is 0 Å². The van der Waals surface area contributed by atoms with Crippen molar-refractivity contribution >= 4 is 35.7 Å². The molecule has 8 N–H and O–H groups in total. The molecule has 0 unspecified atom stereocenters. The van der Waals surface area contributed by atoms with Crippen molar-refractivity contribution in [3.63, 3.8) is 0 Å². The van der Waals surface area contributed by atoms with E-state index >= 15 is 0 Å². The summed E-state index contributed by atoms with van der Waals surface area (Å²) in [5, 5.41) is 22.4. The van der Waals surface area contributed by atoms with Crippen LogP contribution in [-0.4, -0.2) is 103 Å². The molecule has 61 heavy (non-hydrogen) atoms. The second-order valence-electron chi connectivity index (χ2n) is 17.1. The van der Waals surface area contributed by atoms with Crippen LogP contribution in [0.5, 0.6) is 0 Å². The zero-order valence-electron chi connectivity index (χ0n) is 37.4. The van der Waals surface area contributed by atoms with Crippen LogP contribution in [0.4, 0.5) is 4.79 Å². The third kappa shape index (κ3) is 20.4. The van der Waals surface area contributed by atoms with Crippen LogP contribution in [0.2, 0.25) is 0 Å². The Bertz CT molecular complexity index is 1690. The predicted octanol–water partition coefficient (Wildman–Crippen LogP) is 4.68. The lowest BCUT2D eigenvalue weighted by Gasteiger charge is -2.28. The summed E-state index contributed by atoms with van der Waals surface area (Å²) in [6, 6.07) is 11.3. The van der Waals surface area contributed by atoms with Crippen molar-refractivity contribution in [3.8, 4) is 11.1 Å². The summed E-state index contributed by atoms with van der Waals surface area (Å²) >= 11 is 0. The first-order chi connectivity index (χ1) is 28.7. The standard InChI is InChI=1S/C45H70N6O10/c1-10-11-14-31-16-18-32(19-17-31)33-20-22-34(23-21-33)39(52)49-36(27-59-25-28(2)3)40(53)50-37(30(6)60-26-29(4)5)41(54)51-38(46)42(55)48-35(43(56)57)15-12-13-24-47-44(58)61-45(7,8)9/h16-23,28-30,35-38H,10-15,24-27,46H2,1-9H3,(H,47,58)(H,48,55)(H,49,52)(H,50,53)(H,51,54)(H,56,57)/t30-,35+,36+,37+,38-/m1/s1. The molecule has 5 amide bonds. The molecule has 16 nitrogen and oxygen atoms in total. The van der Waals surface area contributed by atoms with Gasteiger partial charge in [0.2, 0.25) is 11.8 Å². The number of amides is 5. The van der Waals surface area contributed by atoms with Crippen molar-refractivity contribution in [2.75, 3.05) is 26.4 Å². The van der Waals surface area contributed by atoms with Crippen LogP contribution in [0.25, 0.3) is 11.1 Å². The number of unbranched alkanes of at least 4 members (excludes halogenated alkanes) is 2. The summed E-state index contributed by atoms with van der Waals surface area (Å²) in [6.45, 7) is 17.2. The molecule has 0 bridgehead atoms. The molecule has 5 atom stereocenters. The Labute approximate surface area is 361 Å². The molecular formula is C45H70N6O10. The normalized spacial score (nSPS) is 14.0. The van der Waals surface area contributed by atoms with E-state index in [9.17, 15) is 33.9 Å². The fourth-order valence-corrected chi connectivity index (χ4v) is 5.80. The lowest BCUT2D eigenvalue weighted by molar-refractivity contribution is -0.142. The van der Waals surface area contributed by atoms with Crippen molar-refractivity contribution in [2.45, 2.75) is 137 Å². The smallest absolute Gasteiger partial charge is 0.407 e. The number of hydrogen-bond acceptors (Lipinski definition) is 10. The molecule has 0 saturated carbocycles. The number of aryl methyl sites for hydroxylation is 1. The number of nitrogens with two attached hydrogens (primary N) is 1. The van der Waals surface area contributed by atoms with Crippen LogP contribution in [-0.2, 0) is 39.8 Å². The second kappa shape index (κ2) is 26.3. The molecule has 2 rings (SSSR count). The van der Waals surface area contributed by atoms with Crippen molar-refractivity contribution in [3.05, 3.63) is 59.7 Å². The van der Waals surface area contributed by atoms with Gasteiger partial charge in [0.15, 0.2) is 6.17 Å². The number of benzene rings is 2. The van der Waals surface area contributed by atoms with Gasteiger partial charge in [-0.25, -0.2) is 9.59 Å². The Hall–Kier alpha value is -5.06.